The van der Waals surface area contributed by atoms with E-state index in [1.807, 2.05) is 38.1 Å². The lowest BCUT2D eigenvalue weighted by Crippen LogP contribution is -2.52. The van der Waals surface area contributed by atoms with Gasteiger partial charge in [0.25, 0.3) is 5.91 Å². The van der Waals surface area contributed by atoms with E-state index in [0.29, 0.717) is 28.9 Å². The SMILES string of the molecule is CC(C)C[C@@H](C(=O)N1C[C@]2(C[C@H]1C#N)C(=O)Nc1ccccc12)N(C)C(=O)c1cccc2c1CC(F)C=N2. The molecule has 4 atom stereocenters. The lowest BCUT2D eigenvalue weighted by atomic mass is 9.80. The number of carbonyl (C=O) groups is 3. The number of hydrogen-bond donors (Lipinski definition) is 1. The number of nitrogens with one attached hydrogen (secondary N) is 1. The molecule has 1 N–H and O–H groups in total. The molecular weight excluding hydrogens is 485 g/mol. The van der Waals surface area contributed by atoms with Gasteiger partial charge in [-0.3, -0.25) is 19.4 Å². The first-order chi connectivity index (χ1) is 18.2. The second-order valence-corrected chi connectivity index (χ2v) is 10.8. The molecule has 8 nitrogen and oxygen atoms in total. The van der Waals surface area contributed by atoms with Crippen LogP contribution in [0.15, 0.2) is 47.5 Å². The maximum Gasteiger partial charge on any atom is 0.254 e. The number of nitrogens with zero attached hydrogens (tertiary/aromatic N) is 4. The van der Waals surface area contributed by atoms with Gasteiger partial charge in [-0.2, -0.15) is 5.26 Å². The Balaban J connectivity index is 1.47. The Bertz CT molecular complexity index is 1380. The van der Waals surface area contributed by atoms with Gasteiger partial charge in [-0.15, -0.1) is 0 Å². The zero-order valence-electron chi connectivity index (χ0n) is 21.6. The lowest BCUT2D eigenvalue weighted by Gasteiger charge is -2.34. The summed E-state index contributed by atoms with van der Waals surface area (Å²) in [6.45, 7) is 3.97. The molecule has 1 saturated heterocycles. The third-order valence-electron chi connectivity index (χ3n) is 7.84. The molecular formula is C29H30FN5O3. The molecule has 1 fully saturated rings. The van der Waals surface area contributed by atoms with Crippen LogP contribution in [0.3, 0.4) is 0 Å². The van der Waals surface area contributed by atoms with Crippen LogP contribution in [-0.2, 0) is 21.4 Å². The Hall–Kier alpha value is -4.06. The van der Waals surface area contributed by atoms with Crippen LogP contribution in [0, 0.1) is 17.2 Å². The highest BCUT2D eigenvalue weighted by molar-refractivity contribution is 6.07. The summed E-state index contributed by atoms with van der Waals surface area (Å²) in [5.41, 5.74) is 1.83. The fraction of sp³-hybridized carbons (Fsp3) is 0.414. The van der Waals surface area contributed by atoms with E-state index in [2.05, 4.69) is 16.4 Å². The molecule has 3 aliphatic rings. The number of fused-ring (bicyclic) bond motifs is 3. The lowest BCUT2D eigenvalue weighted by molar-refractivity contribution is -0.136. The van der Waals surface area contributed by atoms with E-state index in [0.717, 1.165) is 5.56 Å². The van der Waals surface area contributed by atoms with E-state index in [1.165, 1.54) is 16.0 Å². The third-order valence-corrected chi connectivity index (χ3v) is 7.84. The average molecular weight is 516 g/mol. The quantitative estimate of drug-likeness (QED) is 0.654. The van der Waals surface area contributed by atoms with Crippen molar-refractivity contribution in [3.8, 4) is 6.07 Å². The van der Waals surface area contributed by atoms with E-state index in [4.69, 9.17) is 0 Å². The Morgan fingerprint density at radius 3 is 2.76 bits per heavy atom. The summed E-state index contributed by atoms with van der Waals surface area (Å²) in [7, 11) is 1.57. The number of benzene rings is 2. The van der Waals surface area contributed by atoms with E-state index >= 15 is 0 Å². The number of aliphatic imine (C=N–C) groups is 1. The van der Waals surface area contributed by atoms with E-state index in [-0.39, 0.29) is 37.1 Å². The maximum absolute atomic E-state index is 14.1. The Morgan fingerprint density at radius 1 is 1.26 bits per heavy atom. The molecule has 0 aromatic heterocycles. The third kappa shape index (κ3) is 4.14. The Morgan fingerprint density at radius 2 is 2.03 bits per heavy atom. The van der Waals surface area contributed by atoms with Gasteiger partial charge in [0, 0.05) is 43.9 Å². The van der Waals surface area contributed by atoms with Crippen molar-refractivity contribution in [3.63, 3.8) is 0 Å². The summed E-state index contributed by atoms with van der Waals surface area (Å²) in [6.07, 6.45) is 0.536. The molecule has 196 valence electrons. The van der Waals surface area contributed by atoms with Gasteiger partial charge >= 0.3 is 0 Å². The van der Waals surface area contributed by atoms with Crippen molar-refractivity contribution in [3.05, 3.63) is 59.2 Å². The number of halogens is 1. The first kappa shape index (κ1) is 25.6. The topological polar surface area (TPSA) is 106 Å². The predicted molar refractivity (Wildman–Crippen MR) is 141 cm³/mol. The molecule has 1 unspecified atom stereocenters. The van der Waals surface area contributed by atoms with E-state index in [9.17, 15) is 24.0 Å². The number of amides is 3. The minimum absolute atomic E-state index is 0.0387. The smallest absolute Gasteiger partial charge is 0.254 e. The van der Waals surface area contributed by atoms with Crippen LogP contribution in [0.2, 0.25) is 0 Å². The predicted octanol–water partition coefficient (Wildman–Crippen LogP) is 3.78. The molecule has 0 radical (unpaired) electrons. The van der Waals surface area contributed by atoms with Crippen LogP contribution >= 0.6 is 0 Å². The summed E-state index contributed by atoms with van der Waals surface area (Å²) in [5, 5.41) is 12.9. The van der Waals surface area contributed by atoms with Crippen molar-refractivity contribution in [1.29, 1.82) is 5.26 Å². The molecule has 3 amide bonds. The first-order valence-electron chi connectivity index (χ1n) is 12.8. The van der Waals surface area contributed by atoms with Crippen LogP contribution in [0.4, 0.5) is 15.8 Å². The number of hydrogen-bond acceptors (Lipinski definition) is 5. The van der Waals surface area contributed by atoms with Crippen molar-refractivity contribution in [2.75, 3.05) is 18.9 Å². The number of rotatable bonds is 5. The van der Waals surface area contributed by atoms with Crippen molar-refractivity contribution in [2.24, 2.45) is 10.9 Å². The van der Waals surface area contributed by atoms with Gasteiger partial charge in [-0.1, -0.05) is 38.1 Å². The summed E-state index contributed by atoms with van der Waals surface area (Å²) >= 11 is 0. The van der Waals surface area contributed by atoms with Gasteiger partial charge in [0.05, 0.1) is 17.2 Å². The average Bonchev–Trinajstić information content (AvgIpc) is 3.43. The van der Waals surface area contributed by atoms with Gasteiger partial charge in [0.15, 0.2) is 0 Å². The number of para-hydroxylation sites is 1. The molecule has 1 spiro atoms. The van der Waals surface area contributed by atoms with Crippen LogP contribution in [0.1, 0.15) is 48.2 Å². The number of nitriles is 1. The zero-order chi connectivity index (χ0) is 27.2. The summed E-state index contributed by atoms with van der Waals surface area (Å²) in [6, 6.07) is 12.9. The minimum atomic E-state index is -1.28. The second kappa shape index (κ2) is 9.67. The number of carbonyl (C=O) groups excluding carboxylic acids is 3. The van der Waals surface area contributed by atoms with Crippen LogP contribution < -0.4 is 5.32 Å². The normalized spacial score (nSPS) is 24.1. The Kier molecular flexibility index (Phi) is 6.51. The fourth-order valence-electron chi connectivity index (χ4n) is 5.90. The molecule has 2 aromatic rings. The monoisotopic (exact) mass is 515 g/mol. The van der Waals surface area contributed by atoms with E-state index < -0.39 is 29.6 Å². The summed E-state index contributed by atoms with van der Waals surface area (Å²) in [4.78, 5) is 48.0. The van der Waals surface area contributed by atoms with Crippen LogP contribution in [0.25, 0.3) is 0 Å². The second-order valence-electron chi connectivity index (χ2n) is 10.8. The van der Waals surface area contributed by atoms with Crippen molar-refractivity contribution >= 4 is 35.3 Å². The summed E-state index contributed by atoms with van der Waals surface area (Å²) < 4.78 is 14.1. The van der Waals surface area contributed by atoms with Gasteiger partial charge < -0.3 is 15.1 Å². The van der Waals surface area contributed by atoms with Crippen molar-refractivity contribution in [1.82, 2.24) is 9.80 Å². The highest BCUT2D eigenvalue weighted by Gasteiger charge is 2.56. The van der Waals surface area contributed by atoms with Gasteiger partial charge in [0.1, 0.15) is 18.3 Å². The molecule has 0 bridgehead atoms. The minimum Gasteiger partial charge on any atom is -0.330 e. The van der Waals surface area contributed by atoms with E-state index in [1.54, 1.807) is 25.2 Å². The number of likely N-dealkylation sites (tertiary alicyclic amines) is 1. The molecule has 38 heavy (non-hydrogen) atoms. The summed E-state index contributed by atoms with van der Waals surface area (Å²) in [5.74, 6) is -0.939. The highest BCUT2D eigenvalue weighted by atomic mass is 19.1. The molecule has 9 heteroatoms. The van der Waals surface area contributed by atoms with Crippen molar-refractivity contribution in [2.45, 2.75) is 56.8 Å². The molecule has 3 aliphatic heterocycles. The largest absolute Gasteiger partial charge is 0.330 e. The first-order valence-corrected chi connectivity index (χ1v) is 12.8. The standard InChI is InChI=1S/C29H30FN5O3/c1-17(2)11-25(34(3)26(36)20-7-6-10-23-21(20)12-18(30)15-32-23)27(37)35-16-29(13-19(35)14-31)22-8-4-5-9-24(22)33-28(29)38/h4-10,15,17-19,25H,11-13,16H2,1-3H3,(H,33,38)/t18?,19-,25-,29-/m0/s1. The van der Waals surface area contributed by atoms with Crippen LogP contribution in [0.5, 0.6) is 0 Å². The van der Waals surface area contributed by atoms with Crippen LogP contribution in [-0.4, -0.2) is 65.6 Å². The number of likely N-dealkylation sites (N-methyl/N-ethyl adjacent to an activating group) is 1. The Labute approximate surface area is 221 Å². The van der Waals surface area contributed by atoms with Gasteiger partial charge in [0.2, 0.25) is 11.8 Å². The maximum atomic E-state index is 14.1. The highest BCUT2D eigenvalue weighted by Crippen LogP contribution is 2.46. The molecule has 5 rings (SSSR count). The number of anilines is 1. The number of alkyl halides is 1. The zero-order valence-corrected chi connectivity index (χ0v) is 21.6. The van der Waals surface area contributed by atoms with Gasteiger partial charge in [-0.05, 0) is 41.7 Å². The molecule has 3 heterocycles. The molecule has 2 aromatic carbocycles. The molecule has 0 saturated carbocycles. The fourth-order valence-corrected chi connectivity index (χ4v) is 5.90. The van der Waals surface area contributed by atoms with Crippen molar-refractivity contribution < 1.29 is 18.8 Å². The van der Waals surface area contributed by atoms with Gasteiger partial charge in [-0.25, -0.2) is 4.39 Å². The molecule has 0 aliphatic carbocycles.